The number of fused-ring (bicyclic) bond motifs is 1. The zero-order valence-electron chi connectivity index (χ0n) is 13.9. The minimum Gasteiger partial charge on any atom is -0.460 e. The highest BCUT2D eigenvalue weighted by molar-refractivity contribution is 5.93. The van der Waals surface area contributed by atoms with E-state index in [1.807, 2.05) is 32.9 Å². The Balaban J connectivity index is 1.84. The third-order valence-electron chi connectivity index (χ3n) is 4.03. The Labute approximate surface area is 139 Å². The summed E-state index contributed by atoms with van der Waals surface area (Å²) in [6.07, 6.45) is 3.59. The van der Waals surface area contributed by atoms with Crippen molar-refractivity contribution in [3.63, 3.8) is 0 Å². The van der Waals surface area contributed by atoms with Crippen LogP contribution in [-0.2, 0) is 4.79 Å². The third-order valence-corrected chi connectivity index (χ3v) is 4.03. The SMILES string of the molecule is Cc1ccc(-c2nc(NC(=O)C3CC3)cn3nc(C(C)C)nc23)o1. The Morgan fingerprint density at radius 1 is 1.33 bits per heavy atom. The van der Waals surface area contributed by atoms with Gasteiger partial charge in [-0.2, -0.15) is 5.10 Å². The molecule has 0 aromatic carbocycles. The van der Waals surface area contributed by atoms with E-state index in [2.05, 4.69) is 20.4 Å². The first-order valence-corrected chi connectivity index (χ1v) is 8.16. The Morgan fingerprint density at radius 2 is 2.12 bits per heavy atom. The number of hydrogen-bond donors (Lipinski definition) is 1. The Morgan fingerprint density at radius 3 is 2.75 bits per heavy atom. The second kappa shape index (κ2) is 5.43. The van der Waals surface area contributed by atoms with Crippen LogP contribution in [0.5, 0.6) is 0 Å². The van der Waals surface area contributed by atoms with Crippen molar-refractivity contribution < 1.29 is 9.21 Å². The van der Waals surface area contributed by atoms with Crippen molar-refractivity contribution in [3.05, 3.63) is 29.9 Å². The van der Waals surface area contributed by atoms with Crippen LogP contribution in [0.25, 0.3) is 17.1 Å². The van der Waals surface area contributed by atoms with Gasteiger partial charge < -0.3 is 9.73 Å². The number of amides is 1. The molecule has 0 spiro atoms. The number of carbonyl (C=O) groups is 1. The highest BCUT2D eigenvalue weighted by Gasteiger charge is 2.30. The molecule has 7 nitrogen and oxygen atoms in total. The van der Waals surface area contributed by atoms with Crippen LogP contribution in [0.4, 0.5) is 5.82 Å². The summed E-state index contributed by atoms with van der Waals surface area (Å²) in [6.45, 7) is 5.95. The zero-order valence-corrected chi connectivity index (χ0v) is 13.9. The van der Waals surface area contributed by atoms with Gasteiger partial charge in [-0.3, -0.25) is 4.79 Å². The van der Waals surface area contributed by atoms with Crippen molar-refractivity contribution in [1.29, 1.82) is 0 Å². The lowest BCUT2D eigenvalue weighted by Crippen LogP contribution is -2.15. The molecule has 0 radical (unpaired) electrons. The number of aryl methyl sites for hydroxylation is 1. The summed E-state index contributed by atoms with van der Waals surface area (Å²) in [4.78, 5) is 21.2. The van der Waals surface area contributed by atoms with E-state index in [0.29, 0.717) is 22.9 Å². The minimum atomic E-state index is 0.00706. The number of rotatable bonds is 4. The van der Waals surface area contributed by atoms with E-state index >= 15 is 0 Å². The van der Waals surface area contributed by atoms with Gasteiger partial charge in [-0.1, -0.05) is 13.8 Å². The Hall–Kier alpha value is -2.70. The summed E-state index contributed by atoms with van der Waals surface area (Å²) in [5.74, 6) is 2.91. The maximum Gasteiger partial charge on any atom is 0.228 e. The molecule has 0 saturated heterocycles. The van der Waals surface area contributed by atoms with Crippen LogP contribution in [-0.4, -0.2) is 25.5 Å². The first-order valence-electron chi connectivity index (χ1n) is 8.16. The molecule has 1 aliphatic carbocycles. The molecule has 1 N–H and O–H groups in total. The van der Waals surface area contributed by atoms with Crippen LogP contribution in [0.15, 0.2) is 22.7 Å². The molecular formula is C17H19N5O2. The van der Waals surface area contributed by atoms with Crippen molar-refractivity contribution in [2.24, 2.45) is 5.92 Å². The number of anilines is 1. The number of hydrogen-bond acceptors (Lipinski definition) is 5. The quantitative estimate of drug-likeness (QED) is 0.796. The average molecular weight is 325 g/mol. The molecule has 1 fully saturated rings. The van der Waals surface area contributed by atoms with Gasteiger partial charge in [0.05, 0.1) is 6.20 Å². The topological polar surface area (TPSA) is 85.3 Å². The molecule has 0 bridgehead atoms. The number of furan rings is 1. The van der Waals surface area contributed by atoms with Gasteiger partial charge in [0.1, 0.15) is 5.76 Å². The second-order valence-electron chi connectivity index (χ2n) is 6.54. The molecule has 1 aliphatic rings. The number of carbonyl (C=O) groups excluding carboxylic acids is 1. The molecule has 124 valence electrons. The van der Waals surface area contributed by atoms with Crippen LogP contribution in [0.3, 0.4) is 0 Å². The molecule has 24 heavy (non-hydrogen) atoms. The van der Waals surface area contributed by atoms with Crippen LogP contribution >= 0.6 is 0 Å². The number of aromatic nitrogens is 4. The van der Waals surface area contributed by atoms with E-state index in [0.717, 1.165) is 24.4 Å². The molecule has 0 unspecified atom stereocenters. The van der Waals surface area contributed by atoms with Gasteiger partial charge in [0.25, 0.3) is 0 Å². The predicted molar refractivity (Wildman–Crippen MR) is 88.7 cm³/mol. The van der Waals surface area contributed by atoms with Crippen molar-refractivity contribution in [2.75, 3.05) is 5.32 Å². The summed E-state index contributed by atoms with van der Waals surface area (Å²) in [5.41, 5.74) is 1.20. The van der Waals surface area contributed by atoms with Crippen molar-refractivity contribution in [1.82, 2.24) is 19.6 Å². The summed E-state index contributed by atoms with van der Waals surface area (Å²) < 4.78 is 7.38. The molecule has 4 rings (SSSR count). The molecule has 3 aromatic rings. The smallest absolute Gasteiger partial charge is 0.228 e. The standard InChI is InChI=1S/C17H19N5O2/c1-9(2)15-20-16-14(12-7-4-10(3)24-12)18-13(8-22(16)21-15)19-17(23)11-5-6-11/h4,7-9,11H,5-6H2,1-3H3,(H,19,23). The van der Waals surface area contributed by atoms with Gasteiger partial charge >= 0.3 is 0 Å². The van der Waals surface area contributed by atoms with Crippen LogP contribution in [0, 0.1) is 12.8 Å². The van der Waals surface area contributed by atoms with Crippen LogP contribution in [0.1, 0.15) is 44.2 Å². The lowest BCUT2D eigenvalue weighted by atomic mass is 10.2. The fourth-order valence-corrected chi connectivity index (χ4v) is 2.51. The first-order chi connectivity index (χ1) is 11.5. The average Bonchev–Trinajstić information content (AvgIpc) is 3.16. The summed E-state index contributed by atoms with van der Waals surface area (Å²) in [5, 5.41) is 7.38. The van der Waals surface area contributed by atoms with Gasteiger partial charge in [0.2, 0.25) is 5.91 Å². The number of nitrogens with zero attached hydrogens (tertiary/aromatic N) is 4. The maximum absolute atomic E-state index is 12.1. The molecule has 1 amide bonds. The van der Waals surface area contributed by atoms with Gasteiger partial charge in [-0.15, -0.1) is 0 Å². The Bertz CT molecular complexity index is 920. The molecule has 0 aliphatic heterocycles. The third kappa shape index (κ3) is 2.66. The van der Waals surface area contributed by atoms with Crippen LogP contribution in [0.2, 0.25) is 0 Å². The van der Waals surface area contributed by atoms with Gasteiger partial charge in [0.15, 0.2) is 28.7 Å². The molecule has 7 heteroatoms. The lowest BCUT2D eigenvalue weighted by Gasteiger charge is -2.06. The maximum atomic E-state index is 12.1. The molecule has 1 saturated carbocycles. The summed E-state index contributed by atoms with van der Waals surface area (Å²) in [6, 6.07) is 3.73. The molecule has 0 atom stereocenters. The first kappa shape index (κ1) is 14.9. The fraction of sp³-hybridized carbons (Fsp3) is 0.412. The Kier molecular flexibility index (Phi) is 3.37. The second-order valence-corrected chi connectivity index (χ2v) is 6.54. The summed E-state index contributed by atoms with van der Waals surface area (Å²) >= 11 is 0. The van der Waals surface area contributed by atoms with E-state index in [-0.39, 0.29) is 17.7 Å². The highest BCUT2D eigenvalue weighted by atomic mass is 16.3. The van der Waals surface area contributed by atoms with E-state index < -0.39 is 0 Å². The summed E-state index contributed by atoms with van der Waals surface area (Å²) in [7, 11) is 0. The van der Waals surface area contributed by atoms with E-state index in [1.54, 1.807) is 10.7 Å². The van der Waals surface area contributed by atoms with Crippen molar-refractivity contribution >= 4 is 17.4 Å². The normalized spacial score (nSPS) is 14.5. The molecule has 3 aromatic heterocycles. The van der Waals surface area contributed by atoms with E-state index in [1.165, 1.54) is 0 Å². The van der Waals surface area contributed by atoms with Crippen LogP contribution < -0.4 is 5.32 Å². The monoisotopic (exact) mass is 325 g/mol. The van der Waals surface area contributed by atoms with E-state index in [9.17, 15) is 4.79 Å². The lowest BCUT2D eigenvalue weighted by molar-refractivity contribution is -0.117. The van der Waals surface area contributed by atoms with Gasteiger partial charge in [-0.25, -0.2) is 14.5 Å². The molecular weight excluding hydrogens is 306 g/mol. The molecule has 3 heterocycles. The van der Waals surface area contributed by atoms with Crippen molar-refractivity contribution in [2.45, 2.75) is 39.5 Å². The van der Waals surface area contributed by atoms with Crippen molar-refractivity contribution in [3.8, 4) is 11.5 Å². The number of nitrogens with one attached hydrogen (secondary N) is 1. The van der Waals surface area contributed by atoms with Gasteiger partial charge in [-0.05, 0) is 31.9 Å². The predicted octanol–water partition coefficient (Wildman–Crippen LogP) is 3.16. The largest absolute Gasteiger partial charge is 0.460 e. The minimum absolute atomic E-state index is 0.00706. The van der Waals surface area contributed by atoms with Gasteiger partial charge in [0, 0.05) is 11.8 Å². The highest BCUT2D eigenvalue weighted by Crippen LogP contribution is 2.31. The zero-order chi connectivity index (χ0) is 16.8. The fourth-order valence-electron chi connectivity index (χ4n) is 2.51. The van der Waals surface area contributed by atoms with E-state index in [4.69, 9.17) is 4.42 Å².